The summed E-state index contributed by atoms with van der Waals surface area (Å²) in [6, 6.07) is 8.98. The van der Waals surface area contributed by atoms with Crippen LogP contribution in [0.5, 0.6) is 23.0 Å². The smallest absolute Gasteiger partial charge is 0.202 e. The monoisotopic (exact) mass is 302 g/mol. The number of fused-ring (bicyclic) bond motifs is 1. The lowest BCUT2D eigenvalue weighted by Gasteiger charge is -2.30. The van der Waals surface area contributed by atoms with Gasteiger partial charge in [0.25, 0.3) is 0 Å². The maximum absolute atomic E-state index is 12.3. The molecule has 1 aliphatic rings. The number of phenolic OH excluding ortho intramolecular Hbond substituents is 2. The summed E-state index contributed by atoms with van der Waals surface area (Å²) < 4.78 is 10.7. The number of ketones is 1. The Morgan fingerprint density at radius 1 is 1.14 bits per heavy atom. The van der Waals surface area contributed by atoms with Crippen LogP contribution in [0, 0.1) is 0 Å². The van der Waals surface area contributed by atoms with E-state index < -0.39 is 23.7 Å². The highest BCUT2D eigenvalue weighted by Gasteiger charge is 2.39. The van der Waals surface area contributed by atoms with Crippen molar-refractivity contribution < 1.29 is 29.6 Å². The quantitative estimate of drug-likeness (QED) is 0.782. The van der Waals surface area contributed by atoms with Gasteiger partial charge in [0, 0.05) is 12.1 Å². The van der Waals surface area contributed by atoms with Gasteiger partial charge in [0.2, 0.25) is 5.78 Å². The van der Waals surface area contributed by atoms with Gasteiger partial charge in [-0.05, 0) is 17.7 Å². The van der Waals surface area contributed by atoms with Crippen molar-refractivity contribution in [3.05, 3.63) is 47.5 Å². The van der Waals surface area contributed by atoms with Crippen LogP contribution in [0.15, 0.2) is 36.4 Å². The number of aromatic hydroxyl groups is 2. The number of carbonyl (C=O) groups is 1. The molecule has 2 atom stereocenters. The molecule has 0 spiro atoms. The second kappa shape index (κ2) is 5.23. The van der Waals surface area contributed by atoms with Crippen molar-refractivity contribution in [3.63, 3.8) is 0 Å². The predicted octanol–water partition coefficient (Wildman–Crippen LogP) is 1.78. The summed E-state index contributed by atoms with van der Waals surface area (Å²) in [5, 5.41) is 29.5. The molecule has 0 fully saturated rings. The molecule has 6 heteroatoms. The van der Waals surface area contributed by atoms with Gasteiger partial charge in [0.15, 0.2) is 12.2 Å². The van der Waals surface area contributed by atoms with Gasteiger partial charge in [0.1, 0.15) is 28.6 Å². The molecule has 2 aromatic rings. The normalized spacial score (nSPS) is 20.2. The Morgan fingerprint density at radius 3 is 2.45 bits per heavy atom. The lowest BCUT2D eigenvalue weighted by atomic mass is 9.93. The largest absolute Gasteiger partial charge is 0.508 e. The minimum Gasteiger partial charge on any atom is -0.508 e. The molecule has 1 heterocycles. The predicted molar refractivity (Wildman–Crippen MR) is 76.5 cm³/mol. The van der Waals surface area contributed by atoms with E-state index in [2.05, 4.69) is 0 Å². The maximum Gasteiger partial charge on any atom is 0.202 e. The van der Waals surface area contributed by atoms with Crippen molar-refractivity contribution in [2.24, 2.45) is 0 Å². The lowest BCUT2D eigenvalue weighted by Crippen LogP contribution is -2.36. The van der Waals surface area contributed by atoms with Gasteiger partial charge in [-0.3, -0.25) is 4.79 Å². The maximum atomic E-state index is 12.3. The van der Waals surface area contributed by atoms with E-state index in [1.165, 1.54) is 13.2 Å². The van der Waals surface area contributed by atoms with Crippen LogP contribution in [0.25, 0.3) is 0 Å². The molecule has 1 aliphatic heterocycles. The molecule has 0 aliphatic carbocycles. The zero-order valence-corrected chi connectivity index (χ0v) is 11.7. The molecule has 0 radical (unpaired) electrons. The molecule has 0 aromatic heterocycles. The molecule has 0 amide bonds. The van der Waals surface area contributed by atoms with E-state index in [0.717, 1.165) is 6.07 Å². The number of aliphatic hydroxyl groups excluding tert-OH is 1. The molecule has 0 bridgehead atoms. The molecule has 2 aromatic carbocycles. The van der Waals surface area contributed by atoms with Crippen LogP contribution in [-0.2, 0) is 0 Å². The molecular weight excluding hydrogens is 288 g/mol. The molecule has 0 saturated heterocycles. The van der Waals surface area contributed by atoms with Gasteiger partial charge in [-0.1, -0.05) is 12.1 Å². The fraction of sp³-hybridized carbons (Fsp3) is 0.188. The average molecular weight is 302 g/mol. The van der Waals surface area contributed by atoms with Crippen molar-refractivity contribution in [2.45, 2.75) is 12.2 Å². The Balaban J connectivity index is 2.02. The SMILES string of the molecule is COc1ccc([C@@H]2Oc3cc(O)cc(O)c3C(=O)[C@H]2O)cc1. The second-order valence-electron chi connectivity index (χ2n) is 4.96. The van der Waals surface area contributed by atoms with E-state index in [0.29, 0.717) is 11.3 Å². The standard InChI is InChI=1S/C16H14O6/c1-21-10-4-2-8(3-5-10)16-15(20)14(19)13-11(18)6-9(17)7-12(13)22-16/h2-7,15-18,20H,1H3/t15-,16+/m1/s1. The Hall–Kier alpha value is -2.73. The summed E-state index contributed by atoms with van der Waals surface area (Å²) in [6.45, 7) is 0. The van der Waals surface area contributed by atoms with E-state index in [1.807, 2.05) is 0 Å². The van der Waals surface area contributed by atoms with E-state index in [-0.39, 0.29) is 17.1 Å². The number of phenols is 2. The van der Waals surface area contributed by atoms with Crippen LogP contribution < -0.4 is 9.47 Å². The summed E-state index contributed by atoms with van der Waals surface area (Å²) in [7, 11) is 1.53. The van der Waals surface area contributed by atoms with Crippen LogP contribution in [0.3, 0.4) is 0 Å². The van der Waals surface area contributed by atoms with Crippen molar-refractivity contribution >= 4 is 5.78 Å². The Morgan fingerprint density at radius 2 is 1.82 bits per heavy atom. The number of ether oxygens (including phenoxy) is 2. The average Bonchev–Trinajstić information content (AvgIpc) is 2.50. The number of carbonyl (C=O) groups excluding carboxylic acids is 1. The van der Waals surface area contributed by atoms with E-state index >= 15 is 0 Å². The van der Waals surface area contributed by atoms with Gasteiger partial charge in [-0.2, -0.15) is 0 Å². The molecule has 0 saturated carbocycles. The van der Waals surface area contributed by atoms with Crippen molar-refractivity contribution in [2.75, 3.05) is 7.11 Å². The van der Waals surface area contributed by atoms with Gasteiger partial charge in [-0.15, -0.1) is 0 Å². The minimum absolute atomic E-state index is 0.0358. The molecule has 3 rings (SSSR count). The third-order valence-corrected chi connectivity index (χ3v) is 3.57. The first-order valence-corrected chi connectivity index (χ1v) is 6.60. The molecule has 0 unspecified atom stereocenters. The Labute approximate surface area is 126 Å². The zero-order valence-electron chi connectivity index (χ0n) is 11.7. The van der Waals surface area contributed by atoms with E-state index in [9.17, 15) is 20.1 Å². The van der Waals surface area contributed by atoms with Crippen LogP contribution in [0.4, 0.5) is 0 Å². The van der Waals surface area contributed by atoms with Gasteiger partial charge < -0.3 is 24.8 Å². The highest BCUT2D eigenvalue weighted by molar-refractivity contribution is 6.05. The van der Waals surface area contributed by atoms with E-state index in [1.54, 1.807) is 24.3 Å². The molecular formula is C16H14O6. The van der Waals surface area contributed by atoms with Crippen molar-refractivity contribution in [3.8, 4) is 23.0 Å². The highest BCUT2D eigenvalue weighted by atomic mass is 16.5. The summed E-state index contributed by atoms with van der Waals surface area (Å²) in [4.78, 5) is 12.3. The molecule has 22 heavy (non-hydrogen) atoms. The Kier molecular flexibility index (Phi) is 3.38. The van der Waals surface area contributed by atoms with Crippen molar-refractivity contribution in [1.82, 2.24) is 0 Å². The Bertz CT molecular complexity index is 722. The number of Topliss-reactive ketones (excluding diaryl/α,β-unsaturated/α-hetero) is 1. The lowest BCUT2D eigenvalue weighted by molar-refractivity contribution is 0.0210. The summed E-state index contributed by atoms with van der Waals surface area (Å²) in [5.41, 5.74) is 0.449. The second-order valence-corrected chi connectivity index (χ2v) is 4.96. The topological polar surface area (TPSA) is 96.2 Å². The van der Waals surface area contributed by atoms with Crippen LogP contribution in [0.1, 0.15) is 22.0 Å². The van der Waals surface area contributed by atoms with Crippen LogP contribution in [0.2, 0.25) is 0 Å². The first kappa shape index (κ1) is 14.2. The van der Waals surface area contributed by atoms with Crippen LogP contribution >= 0.6 is 0 Å². The number of methoxy groups -OCH3 is 1. The minimum atomic E-state index is -1.45. The third-order valence-electron chi connectivity index (χ3n) is 3.57. The summed E-state index contributed by atoms with van der Waals surface area (Å²) in [5.74, 6) is -0.634. The van der Waals surface area contributed by atoms with E-state index in [4.69, 9.17) is 9.47 Å². The fourth-order valence-electron chi connectivity index (χ4n) is 2.46. The first-order chi connectivity index (χ1) is 10.5. The van der Waals surface area contributed by atoms with Crippen LogP contribution in [-0.4, -0.2) is 34.3 Å². The number of rotatable bonds is 2. The molecule has 3 N–H and O–H groups in total. The van der Waals surface area contributed by atoms with Gasteiger partial charge in [-0.25, -0.2) is 0 Å². The molecule has 6 nitrogen and oxygen atoms in total. The van der Waals surface area contributed by atoms with Gasteiger partial charge in [0.05, 0.1) is 7.11 Å². The number of hydrogen-bond acceptors (Lipinski definition) is 6. The molecule has 114 valence electrons. The first-order valence-electron chi connectivity index (χ1n) is 6.60. The third kappa shape index (κ3) is 2.23. The zero-order chi connectivity index (χ0) is 15.9. The van der Waals surface area contributed by atoms with Crippen molar-refractivity contribution in [1.29, 1.82) is 0 Å². The number of aliphatic hydroxyl groups is 1. The fourth-order valence-corrected chi connectivity index (χ4v) is 2.46. The summed E-state index contributed by atoms with van der Waals surface area (Å²) in [6.07, 6.45) is -2.37. The number of hydrogen-bond donors (Lipinski definition) is 3. The summed E-state index contributed by atoms with van der Waals surface area (Å²) >= 11 is 0. The highest BCUT2D eigenvalue weighted by Crippen LogP contribution is 2.41. The van der Waals surface area contributed by atoms with Gasteiger partial charge >= 0.3 is 0 Å². The number of benzene rings is 2.